The molecule has 0 unspecified atom stereocenters. The van der Waals surface area contributed by atoms with Crippen LogP contribution in [0.2, 0.25) is 0 Å². The molecule has 0 aliphatic carbocycles. The fourth-order valence-electron chi connectivity index (χ4n) is 9.92. The molecule has 0 bridgehead atoms. The Labute approximate surface area is 425 Å². The molecule has 0 amide bonds. The highest BCUT2D eigenvalue weighted by Crippen LogP contribution is 2.36. The van der Waals surface area contributed by atoms with Crippen molar-refractivity contribution in [2.75, 3.05) is 19.8 Å². The first kappa shape index (κ1) is 64.1. The lowest BCUT2D eigenvalue weighted by Crippen LogP contribution is -2.08. The standard InChI is InChI=1S/C63H118O5/c1-4-7-10-13-16-19-22-25-28-31-34-37-40-43-46-49-54-66-59-57-61(67-55-50-47-44-41-38-35-32-29-26-23-20-17-14-11-8-5-2)60(52-53-63(64)65)62(58-59)68-56-51-48-45-42-39-36-33-30-27-24-21-18-15-12-9-6-3/h57-58H,4-56H2,1-3H3,(H,64,65). The monoisotopic (exact) mass is 955 g/mol. The van der Waals surface area contributed by atoms with E-state index < -0.39 is 5.97 Å². The van der Waals surface area contributed by atoms with Gasteiger partial charge in [0.25, 0.3) is 0 Å². The van der Waals surface area contributed by atoms with E-state index in [4.69, 9.17) is 14.2 Å². The molecule has 400 valence electrons. The lowest BCUT2D eigenvalue weighted by atomic mass is 10.0. The SMILES string of the molecule is CCCCCCCCCCCCCCCCCCOc1cc(OCCCCCCCCCCCCCCCCCC)c(CCC(=O)O)c(OCCCCCCCCCCCCCCCCCC)c1. The van der Waals surface area contributed by atoms with Crippen molar-refractivity contribution in [1.82, 2.24) is 0 Å². The lowest BCUT2D eigenvalue weighted by Gasteiger charge is -2.19. The van der Waals surface area contributed by atoms with Crippen LogP contribution in [0.15, 0.2) is 12.1 Å². The summed E-state index contributed by atoms with van der Waals surface area (Å²) in [6.45, 7) is 8.85. The Morgan fingerprint density at radius 3 is 0.750 bits per heavy atom. The first-order chi connectivity index (χ1) is 33.6. The second-order valence-electron chi connectivity index (χ2n) is 21.2. The summed E-state index contributed by atoms with van der Waals surface area (Å²) >= 11 is 0. The van der Waals surface area contributed by atoms with Crippen LogP contribution < -0.4 is 14.2 Å². The van der Waals surface area contributed by atoms with Gasteiger partial charge in [-0.3, -0.25) is 4.79 Å². The van der Waals surface area contributed by atoms with Gasteiger partial charge in [-0.1, -0.05) is 310 Å². The van der Waals surface area contributed by atoms with E-state index in [0.717, 1.165) is 42.1 Å². The molecule has 0 saturated carbocycles. The maximum atomic E-state index is 11.8. The number of aliphatic carboxylic acids is 1. The minimum absolute atomic E-state index is 0.0597. The summed E-state index contributed by atoms with van der Waals surface area (Å²) in [4.78, 5) is 11.8. The molecule has 1 rings (SSSR count). The van der Waals surface area contributed by atoms with Crippen LogP contribution in [0.5, 0.6) is 17.2 Å². The summed E-state index contributed by atoms with van der Waals surface area (Å²) in [5, 5.41) is 9.68. The first-order valence-corrected chi connectivity index (χ1v) is 30.9. The molecule has 0 fully saturated rings. The lowest BCUT2D eigenvalue weighted by molar-refractivity contribution is -0.136. The van der Waals surface area contributed by atoms with Gasteiger partial charge in [-0.05, 0) is 25.7 Å². The molecule has 0 atom stereocenters. The van der Waals surface area contributed by atoms with Crippen LogP contribution in [0.1, 0.15) is 341 Å². The molecule has 1 aromatic rings. The molecule has 1 aromatic carbocycles. The van der Waals surface area contributed by atoms with E-state index in [1.54, 1.807) is 0 Å². The summed E-state index contributed by atoms with van der Waals surface area (Å²) in [5.74, 6) is 1.49. The molecule has 0 saturated heterocycles. The van der Waals surface area contributed by atoms with Gasteiger partial charge in [0.2, 0.25) is 0 Å². The van der Waals surface area contributed by atoms with Crippen LogP contribution in [0.4, 0.5) is 0 Å². The molecule has 68 heavy (non-hydrogen) atoms. The molecule has 0 aliphatic rings. The molecule has 0 heterocycles. The van der Waals surface area contributed by atoms with Crippen LogP contribution in [-0.2, 0) is 11.2 Å². The highest BCUT2D eigenvalue weighted by molar-refractivity contribution is 5.67. The van der Waals surface area contributed by atoms with E-state index in [0.29, 0.717) is 26.2 Å². The van der Waals surface area contributed by atoms with Crippen molar-refractivity contribution in [2.45, 2.75) is 342 Å². The third kappa shape index (κ3) is 44.1. The third-order valence-corrected chi connectivity index (χ3v) is 14.5. The maximum absolute atomic E-state index is 11.8. The summed E-state index contributed by atoms with van der Waals surface area (Å²) < 4.78 is 19.4. The molecular formula is C63H118O5. The molecule has 5 nitrogen and oxygen atoms in total. The van der Waals surface area contributed by atoms with Gasteiger partial charge in [0.1, 0.15) is 17.2 Å². The molecular weight excluding hydrogens is 837 g/mol. The number of hydrogen-bond donors (Lipinski definition) is 1. The average Bonchev–Trinajstić information content (AvgIpc) is 3.34. The van der Waals surface area contributed by atoms with Crippen molar-refractivity contribution in [3.63, 3.8) is 0 Å². The van der Waals surface area contributed by atoms with Gasteiger partial charge < -0.3 is 19.3 Å². The minimum Gasteiger partial charge on any atom is -0.493 e. The van der Waals surface area contributed by atoms with Gasteiger partial charge in [0.15, 0.2) is 0 Å². The molecule has 0 aromatic heterocycles. The van der Waals surface area contributed by atoms with E-state index in [1.165, 1.54) is 289 Å². The Balaban J connectivity index is 2.52. The summed E-state index contributed by atoms with van der Waals surface area (Å²) in [6, 6.07) is 4.02. The predicted molar refractivity (Wildman–Crippen MR) is 298 cm³/mol. The van der Waals surface area contributed by atoms with Gasteiger partial charge in [0, 0.05) is 24.1 Å². The number of hydrogen-bond acceptors (Lipinski definition) is 4. The van der Waals surface area contributed by atoms with Gasteiger partial charge in [0.05, 0.1) is 19.8 Å². The zero-order valence-corrected chi connectivity index (χ0v) is 46.2. The minimum atomic E-state index is -0.790. The van der Waals surface area contributed by atoms with Crippen molar-refractivity contribution < 1.29 is 24.1 Å². The number of ether oxygens (including phenoxy) is 3. The van der Waals surface area contributed by atoms with Crippen molar-refractivity contribution in [3.8, 4) is 17.2 Å². The topological polar surface area (TPSA) is 65.0 Å². The van der Waals surface area contributed by atoms with Crippen LogP contribution in [-0.4, -0.2) is 30.9 Å². The fraction of sp³-hybridized carbons (Fsp3) is 0.889. The predicted octanol–water partition coefficient (Wildman–Crippen LogP) is 21.6. The number of carbonyl (C=O) groups is 1. The second kappa shape index (κ2) is 52.9. The van der Waals surface area contributed by atoms with Gasteiger partial charge in [-0.15, -0.1) is 0 Å². The summed E-state index contributed by atoms with van der Waals surface area (Å²) in [7, 11) is 0. The first-order valence-electron chi connectivity index (χ1n) is 30.9. The van der Waals surface area contributed by atoms with Crippen LogP contribution in [0.3, 0.4) is 0 Å². The number of unbranched alkanes of at least 4 members (excludes halogenated alkanes) is 45. The van der Waals surface area contributed by atoms with Gasteiger partial charge in [-0.25, -0.2) is 0 Å². The van der Waals surface area contributed by atoms with E-state index in [1.807, 2.05) is 12.1 Å². The van der Waals surface area contributed by atoms with Gasteiger partial charge >= 0.3 is 5.97 Å². The van der Waals surface area contributed by atoms with E-state index in [-0.39, 0.29) is 6.42 Å². The zero-order valence-electron chi connectivity index (χ0n) is 46.2. The Kier molecular flexibility index (Phi) is 49.9. The van der Waals surface area contributed by atoms with Crippen LogP contribution >= 0.6 is 0 Å². The highest BCUT2D eigenvalue weighted by atomic mass is 16.5. The van der Waals surface area contributed by atoms with Gasteiger partial charge in [-0.2, -0.15) is 0 Å². The maximum Gasteiger partial charge on any atom is 0.303 e. The fourth-order valence-corrected chi connectivity index (χ4v) is 9.92. The Bertz CT molecular complexity index is 1110. The number of carboxylic acids is 1. The van der Waals surface area contributed by atoms with E-state index in [9.17, 15) is 9.90 Å². The van der Waals surface area contributed by atoms with Crippen LogP contribution in [0.25, 0.3) is 0 Å². The normalized spacial score (nSPS) is 11.5. The molecule has 5 heteroatoms. The second-order valence-corrected chi connectivity index (χ2v) is 21.2. The average molecular weight is 956 g/mol. The molecule has 0 aliphatic heterocycles. The summed E-state index contributed by atoms with van der Waals surface area (Å²) in [5.41, 5.74) is 0.884. The largest absolute Gasteiger partial charge is 0.493 e. The Morgan fingerprint density at radius 1 is 0.324 bits per heavy atom. The summed E-state index contributed by atoms with van der Waals surface area (Å²) in [6.07, 6.45) is 65.2. The number of rotatable bonds is 57. The quantitative estimate of drug-likeness (QED) is 0.0659. The van der Waals surface area contributed by atoms with Crippen molar-refractivity contribution in [2.24, 2.45) is 0 Å². The molecule has 1 N–H and O–H groups in total. The van der Waals surface area contributed by atoms with E-state index >= 15 is 0 Å². The molecule has 0 radical (unpaired) electrons. The zero-order chi connectivity index (χ0) is 48.9. The smallest absolute Gasteiger partial charge is 0.303 e. The Morgan fingerprint density at radius 2 is 0.529 bits per heavy atom. The number of carboxylic acid groups (broad SMARTS) is 1. The van der Waals surface area contributed by atoms with Crippen molar-refractivity contribution in [3.05, 3.63) is 17.7 Å². The molecule has 0 spiro atoms. The highest BCUT2D eigenvalue weighted by Gasteiger charge is 2.17. The third-order valence-electron chi connectivity index (χ3n) is 14.5. The van der Waals surface area contributed by atoms with Crippen molar-refractivity contribution in [1.29, 1.82) is 0 Å². The van der Waals surface area contributed by atoms with E-state index in [2.05, 4.69) is 20.8 Å². The Hall–Kier alpha value is -1.91. The van der Waals surface area contributed by atoms with Crippen LogP contribution in [0, 0.1) is 0 Å². The van der Waals surface area contributed by atoms with Crippen molar-refractivity contribution >= 4 is 5.97 Å². The number of benzene rings is 1.